The predicted molar refractivity (Wildman–Crippen MR) is 84.0 cm³/mol. The van der Waals surface area contributed by atoms with Gasteiger partial charge >= 0.3 is 0 Å². The summed E-state index contributed by atoms with van der Waals surface area (Å²) in [5.74, 6) is 0.890. The minimum Gasteiger partial charge on any atom is -0.326 e. The minimum absolute atomic E-state index is 0.121. The van der Waals surface area contributed by atoms with Crippen LogP contribution in [0, 0.1) is 19.8 Å². The zero-order chi connectivity index (χ0) is 14.5. The molecule has 1 N–H and O–H groups in total. The molecule has 0 saturated carbocycles. The van der Waals surface area contributed by atoms with E-state index in [0.29, 0.717) is 6.42 Å². The Morgan fingerprint density at radius 3 is 2.90 bits per heavy atom. The van der Waals surface area contributed by atoms with Gasteiger partial charge in [-0.05, 0) is 50.8 Å². The molecule has 3 heteroatoms. The second-order valence-electron chi connectivity index (χ2n) is 6.16. The van der Waals surface area contributed by atoms with Crippen LogP contribution in [0.4, 0.5) is 5.69 Å². The zero-order valence-corrected chi connectivity index (χ0v) is 12.9. The molecule has 0 bridgehead atoms. The van der Waals surface area contributed by atoms with Crippen molar-refractivity contribution in [3.8, 4) is 0 Å². The molecule has 1 saturated heterocycles. The Labute approximate surface area is 122 Å². The van der Waals surface area contributed by atoms with Crippen molar-refractivity contribution in [2.24, 2.45) is 5.92 Å². The molecule has 1 aliphatic rings. The first-order chi connectivity index (χ1) is 9.54. The molecule has 0 radical (unpaired) electrons. The van der Waals surface area contributed by atoms with Gasteiger partial charge in [-0.1, -0.05) is 24.6 Å². The maximum absolute atomic E-state index is 12.0. The quantitative estimate of drug-likeness (QED) is 0.913. The van der Waals surface area contributed by atoms with Gasteiger partial charge in [0.15, 0.2) is 0 Å². The van der Waals surface area contributed by atoms with E-state index in [1.165, 1.54) is 18.4 Å². The number of hydrogen-bond acceptors (Lipinski definition) is 2. The van der Waals surface area contributed by atoms with Gasteiger partial charge in [0.05, 0.1) is 0 Å². The number of piperidine rings is 1. The Morgan fingerprint density at radius 1 is 1.40 bits per heavy atom. The summed E-state index contributed by atoms with van der Waals surface area (Å²) in [6, 6.07) is 6.13. The number of benzene rings is 1. The van der Waals surface area contributed by atoms with Gasteiger partial charge in [-0.25, -0.2) is 0 Å². The molecule has 1 amide bonds. The average molecular weight is 274 g/mol. The summed E-state index contributed by atoms with van der Waals surface area (Å²) >= 11 is 0. The average Bonchev–Trinajstić information content (AvgIpc) is 2.40. The lowest BCUT2D eigenvalue weighted by Gasteiger charge is -2.30. The van der Waals surface area contributed by atoms with E-state index in [9.17, 15) is 4.79 Å². The molecule has 2 rings (SSSR count). The van der Waals surface area contributed by atoms with Crippen LogP contribution in [0.3, 0.4) is 0 Å². The normalized spacial score (nSPS) is 19.9. The smallest absolute Gasteiger partial charge is 0.225 e. The lowest BCUT2D eigenvalue weighted by atomic mass is 10.0. The first-order valence-corrected chi connectivity index (χ1v) is 7.64. The topological polar surface area (TPSA) is 32.3 Å². The monoisotopic (exact) mass is 274 g/mol. The number of amides is 1. The number of hydrogen-bond donors (Lipinski definition) is 1. The van der Waals surface area contributed by atoms with Gasteiger partial charge < -0.3 is 10.2 Å². The highest BCUT2D eigenvalue weighted by Crippen LogP contribution is 2.17. The van der Waals surface area contributed by atoms with E-state index in [1.807, 2.05) is 19.1 Å². The van der Waals surface area contributed by atoms with Crippen LogP contribution < -0.4 is 5.32 Å². The number of likely N-dealkylation sites (tertiary alicyclic amines) is 1. The number of carbonyl (C=O) groups excluding carboxylic acids is 1. The summed E-state index contributed by atoms with van der Waals surface area (Å²) in [4.78, 5) is 14.4. The molecule has 1 atom stereocenters. The molecule has 110 valence electrons. The molecule has 0 aromatic heterocycles. The van der Waals surface area contributed by atoms with Crippen molar-refractivity contribution < 1.29 is 4.79 Å². The van der Waals surface area contributed by atoms with Crippen molar-refractivity contribution in [2.75, 3.05) is 25.0 Å². The van der Waals surface area contributed by atoms with Crippen LogP contribution in [0.5, 0.6) is 0 Å². The third kappa shape index (κ3) is 4.34. The van der Waals surface area contributed by atoms with Crippen LogP contribution in [-0.4, -0.2) is 30.4 Å². The summed E-state index contributed by atoms with van der Waals surface area (Å²) in [6.07, 6.45) is 3.17. The van der Waals surface area contributed by atoms with Crippen molar-refractivity contribution in [3.63, 3.8) is 0 Å². The summed E-state index contributed by atoms with van der Waals surface area (Å²) in [5.41, 5.74) is 3.29. The molecule has 1 unspecified atom stereocenters. The third-order valence-corrected chi connectivity index (χ3v) is 4.05. The van der Waals surface area contributed by atoms with Crippen LogP contribution in [0.15, 0.2) is 18.2 Å². The van der Waals surface area contributed by atoms with E-state index in [0.717, 1.165) is 36.8 Å². The third-order valence-electron chi connectivity index (χ3n) is 4.05. The van der Waals surface area contributed by atoms with Crippen molar-refractivity contribution in [1.82, 2.24) is 4.90 Å². The summed E-state index contributed by atoms with van der Waals surface area (Å²) in [5, 5.41) is 3.02. The van der Waals surface area contributed by atoms with Crippen LogP contribution >= 0.6 is 0 Å². The van der Waals surface area contributed by atoms with E-state index < -0.39 is 0 Å². The molecule has 3 nitrogen and oxygen atoms in total. The number of nitrogens with one attached hydrogen (secondary N) is 1. The highest BCUT2D eigenvalue weighted by atomic mass is 16.1. The van der Waals surface area contributed by atoms with Gasteiger partial charge in [-0.15, -0.1) is 0 Å². The van der Waals surface area contributed by atoms with Gasteiger partial charge in [-0.2, -0.15) is 0 Å². The molecule has 1 aromatic carbocycles. The fourth-order valence-electron chi connectivity index (χ4n) is 2.92. The molecular formula is C17H26N2O. The largest absolute Gasteiger partial charge is 0.326 e. The lowest BCUT2D eigenvalue weighted by molar-refractivity contribution is -0.116. The van der Waals surface area contributed by atoms with Crippen molar-refractivity contribution in [2.45, 2.75) is 40.0 Å². The van der Waals surface area contributed by atoms with E-state index in [-0.39, 0.29) is 5.91 Å². The van der Waals surface area contributed by atoms with Crippen LogP contribution in [-0.2, 0) is 4.79 Å². The van der Waals surface area contributed by atoms with Crippen LogP contribution in [0.2, 0.25) is 0 Å². The Hall–Kier alpha value is -1.35. The first kappa shape index (κ1) is 15.0. The Morgan fingerprint density at radius 2 is 2.20 bits per heavy atom. The van der Waals surface area contributed by atoms with Crippen molar-refractivity contribution >= 4 is 11.6 Å². The number of rotatable bonds is 4. The Bertz CT molecular complexity index is 470. The second-order valence-corrected chi connectivity index (χ2v) is 6.16. The fourth-order valence-corrected chi connectivity index (χ4v) is 2.92. The van der Waals surface area contributed by atoms with Crippen molar-refractivity contribution in [3.05, 3.63) is 29.3 Å². The van der Waals surface area contributed by atoms with Crippen LogP contribution in [0.1, 0.15) is 37.3 Å². The Kier molecular flexibility index (Phi) is 5.18. The summed E-state index contributed by atoms with van der Waals surface area (Å²) in [7, 11) is 0. The molecule has 1 heterocycles. The second kappa shape index (κ2) is 6.89. The molecular weight excluding hydrogens is 248 g/mol. The van der Waals surface area contributed by atoms with E-state index in [1.54, 1.807) is 0 Å². The molecule has 1 fully saturated rings. The van der Waals surface area contributed by atoms with Gasteiger partial charge in [0.2, 0.25) is 5.91 Å². The molecule has 0 aliphatic carbocycles. The maximum atomic E-state index is 12.0. The standard InChI is InChI=1S/C17H26N2O/c1-13-6-7-16(15(3)11-13)18-17(20)8-10-19-9-4-5-14(2)12-19/h6-7,11,14H,4-5,8-10,12H2,1-3H3,(H,18,20). The van der Waals surface area contributed by atoms with Gasteiger partial charge in [0.1, 0.15) is 0 Å². The first-order valence-electron chi connectivity index (χ1n) is 7.64. The van der Waals surface area contributed by atoms with Crippen LogP contribution in [0.25, 0.3) is 0 Å². The Balaban J connectivity index is 1.80. The number of carbonyl (C=O) groups is 1. The van der Waals surface area contributed by atoms with Gasteiger partial charge in [0.25, 0.3) is 0 Å². The number of aryl methyl sites for hydroxylation is 2. The number of anilines is 1. The number of nitrogens with zero attached hydrogens (tertiary/aromatic N) is 1. The molecule has 0 spiro atoms. The highest BCUT2D eigenvalue weighted by Gasteiger charge is 2.16. The molecule has 20 heavy (non-hydrogen) atoms. The van der Waals surface area contributed by atoms with Gasteiger partial charge in [0, 0.05) is 25.2 Å². The predicted octanol–water partition coefficient (Wildman–Crippen LogP) is 3.36. The summed E-state index contributed by atoms with van der Waals surface area (Å²) in [6.45, 7) is 9.55. The van der Waals surface area contributed by atoms with Gasteiger partial charge in [-0.3, -0.25) is 4.79 Å². The minimum atomic E-state index is 0.121. The molecule has 1 aliphatic heterocycles. The highest BCUT2D eigenvalue weighted by molar-refractivity contribution is 5.91. The lowest BCUT2D eigenvalue weighted by Crippen LogP contribution is -2.36. The fraction of sp³-hybridized carbons (Fsp3) is 0.588. The van der Waals surface area contributed by atoms with Crippen molar-refractivity contribution in [1.29, 1.82) is 0 Å². The molecule has 1 aromatic rings. The van der Waals surface area contributed by atoms with E-state index >= 15 is 0 Å². The summed E-state index contributed by atoms with van der Waals surface area (Å²) < 4.78 is 0. The van der Waals surface area contributed by atoms with E-state index in [2.05, 4.69) is 30.1 Å². The SMILES string of the molecule is Cc1ccc(NC(=O)CCN2CCCC(C)C2)c(C)c1. The zero-order valence-electron chi connectivity index (χ0n) is 12.9. The van der Waals surface area contributed by atoms with E-state index in [4.69, 9.17) is 0 Å². The maximum Gasteiger partial charge on any atom is 0.225 e.